The van der Waals surface area contributed by atoms with E-state index in [1.165, 1.54) is 19.2 Å². The van der Waals surface area contributed by atoms with Crippen molar-refractivity contribution >= 4 is 5.91 Å². The molecule has 6 nitrogen and oxygen atoms in total. The van der Waals surface area contributed by atoms with Gasteiger partial charge in [0, 0.05) is 11.3 Å². The third kappa shape index (κ3) is 3.36. The molecular formula is C15H18FN3O3. The number of carbonyl (C=O) groups excluding carboxylic acids is 1. The van der Waals surface area contributed by atoms with Crippen LogP contribution in [0.4, 0.5) is 4.39 Å². The highest BCUT2D eigenvalue weighted by Crippen LogP contribution is 2.21. The van der Waals surface area contributed by atoms with Gasteiger partial charge in [0.15, 0.2) is 11.6 Å². The molecule has 1 aromatic heterocycles. The quantitative estimate of drug-likeness (QED) is 0.784. The van der Waals surface area contributed by atoms with Crippen LogP contribution in [0.15, 0.2) is 23.0 Å². The van der Waals surface area contributed by atoms with Crippen molar-refractivity contribution in [3.05, 3.63) is 51.2 Å². The molecule has 118 valence electrons. The van der Waals surface area contributed by atoms with Crippen molar-refractivity contribution in [2.75, 3.05) is 7.11 Å². The second-order valence-corrected chi connectivity index (χ2v) is 5.04. The summed E-state index contributed by atoms with van der Waals surface area (Å²) < 4.78 is 18.5. The Labute approximate surface area is 126 Å². The molecule has 0 aliphatic heterocycles. The van der Waals surface area contributed by atoms with Crippen LogP contribution >= 0.6 is 0 Å². The molecule has 22 heavy (non-hydrogen) atoms. The highest BCUT2D eigenvalue weighted by molar-refractivity contribution is 5.79. The van der Waals surface area contributed by atoms with E-state index < -0.39 is 5.82 Å². The van der Waals surface area contributed by atoms with Crippen LogP contribution in [0.5, 0.6) is 5.75 Å². The maximum Gasteiger partial charge on any atom is 0.267 e. The van der Waals surface area contributed by atoms with Crippen LogP contribution in [-0.4, -0.2) is 23.2 Å². The van der Waals surface area contributed by atoms with Crippen LogP contribution in [-0.2, 0) is 11.2 Å². The number of benzene rings is 1. The first-order chi connectivity index (χ1) is 10.4. The van der Waals surface area contributed by atoms with Crippen molar-refractivity contribution in [1.29, 1.82) is 0 Å². The van der Waals surface area contributed by atoms with Gasteiger partial charge in [-0.05, 0) is 31.5 Å². The average Bonchev–Trinajstić information content (AvgIpc) is 2.79. The lowest BCUT2D eigenvalue weighted by Crippen LogP contribution is -2.29. The molecule has 0 unspecified atom stereocenters. The monoisotopic (exact) mass is 307 g/mol. The van der Waals surface area contributed by atoms with E-state index >= 15 is 0 Å². The van der Waals surface area contributed by atoms with Crippen LogP contribution in [0.1, 0.15) is 29.8 Å². The van der Waals surface area contributed by atoms with E-state index in [2.05, 4.69) is 15.5 Å². The summed E-state index contributed by atoms with van der Waals surface area (Å²) in [5.41, 5.74) is 1.33. The number of carbonyl (C=O) groups is 1. The first kappa shape index (κ1) is 15.8. The summed E-state index contributed by atoms with van der Waals surface area (Å²) in [6.07, 6.45) is -0.0341. The molecule has 2 aromatic rings. The smallest absolute Gasteiger partial charge is 0.267 e. The number of halogens is 1. The average molecular weight is 307 g/mol. The van der Waals surface area contributed by atoms with Crippen LogP contribution < -0.4 is 15.6 Å². The number of aromatic nitrogens is 2. The molecule has 0 aliphatic rings. The van der Waals surface area contributed by atoms with Gasteiger partial charge in [-0.15, -0.1) is 0 Å². The number of hydrogen-bond acceptors (Lipinski definition) is 3. The summed E-state index contributed by atoms with van der Waals surface area (Å²) in [7, 11) is 1.39. The minimum atomic E-state index is -0.487. The minimum absolute atomic E-state index is 0.0341. The number of hydrogen-bond donors (Lipinski definition) is 3. The lowest BCUT2D eigenvalue weighted by atomic mass is 10.1. The van der Waals surface area contributed by atoms with Gasteiger partial charge in [-0.3, -0.25) is 14.7 Å². The largest absolute Gasteiger partial charge is 0.494 e. The lowest BCUT2D eigenvalue weighted by molar-refractivity contribution is -0.121. The number of amides is 1. The highest BCUT2D eigenvalue weighted by atomic mass is 19.1. The van der Waals surface area contributed by atoms with Gasteiger partial charge < -0.3 is 15.2 Å². The molecule has 1 atom stereocenters. The van der Waals surface area contributed by atoms with E-state index in [1.807, 2.05) is 0 Å². The number of aromatic amines is 2. The molecule has 0 spiro atoms. The van der Waals surface area contributed by atoms with Gasteiger partial charge in [0.2, 0.25) is 5.91 Å². The number of methoxy groups -OCH3 is 1. The molecule has 3 N–H and O–H groups in total. The highest BCUT2D eigenvalue weighted by Gasteiger charge is 2.15. The summed E-state index contributed by atoms with van der Waals surface area (Å²) in [5.74, 6) is -0.646. The Morgan fingerprint density at radius 2 is 2.14 bits per heavy atom. The maximum atomic E-state index is 13.7. The Bertz CT molecular complexity index is 736. The number of rotatable bonds is 5. The van der Waals surface area contributed by atoms with Gasteiger partial charge in [-0.25, -0.2) is 4.39 Å². The second kappa shape index (κ2) is 6.46. The van der Waals surface area contributed by atoms with E-state index in [-0.39, 0.29) is 29.7 Å². The molecule has 1 heterocycles. The summed E-state index contributed by atoms with van der Waals surface area (Å²) in [5, 5.41) is 7.83. The standard InChI is InChI=1S/C15H18FN3O3/c1-8(10-4-5-13(22-3)12(16)6-10)17-14(20)7-11-9(2)18-19-15(11)21/h4-6,8H,7H2,1-3H3,(H,17,20)(H2,18,19,21)/t8-/m0/s1. The van der Waals surface area contributed by atoms with Crippen molar-refractivity contribution in [1.82, 2.24) is 15.5 Å². The number of H-pyrrole nitrogens is 2. The Morgan fingerprint density at radius 3 is 2.68 bits per heavy atom. The number of aryl methyl sites for hydroxylation is 1. The van der Waals surface area contributed by atoms with E-state index in [9.17, 15) is 14.0 Å². The van der Waals surface area contributed by atoms with Crippen molar-refractivity contribution < 1.29 is 13.9 Å². The first-order valence-corrected chi connectivity index (χ1v) is 6.81. The predicted molar refractivity (Wildman–Crippen MR) is 79.4 cm³/mol. The van der Waals surface area contributed by atoms with E-state index in [1.54, 1.807) is 19.9 Å². The topological polar surface area (TPSA) is 87.0 Å². The molecular weight excluding hydrogens is 289 g/mol. The fourth-order valence-corrected chi connectivity index (χ4v) is 2.17. The number of ether oxygens (including phenoxy) is 1. The molecule has 0 saturated carbocycles. The number of nitrogens with one attached hydrogen (secondary N) is 3. The van der Waals surface area contributed by atoms with Gasteiger partial charge in [-0.1, -0.05) is 6.07 Å². The summed E-state index contributed by atoms with van der Waals surface area (Å²) in [6, 6.07) is 4.12. The Kier molecular flexibility index (Phi) is 4.65. The van der Waals surface area contributed by atoms with Crippen LogP contribution in [0, 0.1) is 12.7 Å². The van der Waals surface area contributed by atoms with Crippen LogP contribution in [0.25, 0.3) is 0 Å². The molecule has 0 radical (unpaired) electrons. The lowest BCUT2D eigenvalue weighted by Gasteiger charge is -2.15. The van der Waals surface area contributed by atoms with Gasteiger partial charge >= 0.3 is 0 Å². The summed E-state index contributed by atoms with van der Waals surface area (Å²) in [4.78, 5) is 23.5. The fraction of sp³-hybridized carbons (Fsp3) is 0.333. The molecule has 2 rings (SSSR count). The Balaban J connectivity index is 2.05. The van der Waals surface area contributed by atoms with Gasteiger partial charge in [0.25, 0.3) is 5.56 Å². The molecule has 0 bridgehead atoms. The van der Waals surface area contributed by atoms with E-state index in [4.69, 9.17) is 4.74 Å². The summed E-state index contributed by atoms with van der Waals surface area (Å²) >= 11 is 0. The second-order valence-electron chi connectivity index (χ2n) is 5.04. The SMILES string of the molecule is COc1ccc([C@H](C)NC(=O)Cc2c(C)[nH][nH]c2=O)cc1F. The zero-order chi connectivity index (χ0) is 16.3. The zero-order valence-electron chi connectivity index (χ0n) is 12.6. The van der Waals surface area contributed by atoms with Gasteiger partial charge in [-0.2, -0.15) is 0 Å². The summed E-state index contributed by atoms with van der Waals surface area (Å²) in [6.45, 7) is 3.45. The van der Waals surface area contributed by atoms with Gasteiger partial charge in [0.05, 0.1) is 19.6 Å². The molecule has 1 amide bonds. The Morgan fingerprint density at radius 1 is 1.41 bits per heavy atom. The molecule has 0 saturated heterocycles. The zero-order valence-corrected chi connectivity index (χ0v) is 12.6. The molecule has 1 aromatic carbocycles. The third-order valence-electron chi connectivity index (χ3n) is 3.48. The first-order valence-electron chi connectivity index (χ1n) is 6.81. The van der Waals surface area contributed by atoms with Crippen molar-refractivity contribution in [2.24, 2.45) is 0 Å². The van der Waals surface area contributed by atoms with Gasteiger partial charge in [0.1, 0.15) is 0 Å². The van der Waals surface area contributed by atoms with Crippen LogP contribution in [0.3, 0.4) is 0 Å². The fourth-order valence-electron chi connectivity index (χ4n) is 2.17. The minimum Gasteiger partial charge on any atom is -0.494 e. The van der Waals surface area contributed by atoms with E-state index in [0.717, 1.165) is 0 Å². The molecule has 7 heteroatoms. The molecule has 0 aliphatic carbocycles. The Hall–Kier alpha value is -2.57. The molecule has 0 fully saturated rings. The predicted octanol–water partition coefficient (Wildman–Crippen LogP) is 1.58. The van der Waals surface area contributed by atoms with Crippen LogP contribution in [0.2, 0.25) is 0 Å². The van der Waals surface area contributed by atoms with E-state index in [0.29, 0.717) is 16.8 Å². The third-order valence-corrected chi connectivity index (χ3v) is 3.48. The normalized spacial score (nSPS) is 12.0. The van der Waals surface area contributed by atoms with Crippen molar-refractivity contribution in [3.63, 3.8) is 0 Å². The maximum absolute atomic E-state index is 13.7. The van der Waals surface area contributed by atoms with Crippen molar-refractivity contribution in [2.45, 2.75) is 26.3 Å². The van der Waals surface area contributed by atoms with Crippen molar-refractivity contribution in [3.8, 4) is 5.75 Å².